The second kappa shape index (κ2) is 4.50. The highest BCUT2D eigenvalue weighted by Gasteiger charge is 2.12. The smallest absolute Gasteiger partial charge is 0.115 e. The summed E-state index contributed by atoms with van der Waals surface area (Å²) in [5.74, 6) is 1.43. The van der Waals surface area contributed by atoms with E-state index >= 15 is 0 Å². The summed E-state index contributed by atoms with van der Waals surface area (Å²) in [6.45, 7) is 8.77. The van der Waals surface area contributed by atoms with Gasteiger partial charge in [-0.1, -0.05) is 33.8 Å². The normalized spacial score (nSPS) is 13.2. The molecule has 0 fully saturated rings. The van der Waals surface area contributed by atoms with Crippen LogP contribution in [-0.4, -0.2) is 5.11 Å². The largest absolute Gasteiger partial charge is 0.508 e. The van der Waals surface area contributed by atoms with Crippen LogP contribution in [0.25, 0.3) is 0 Å². The molecule has 0 bridgehead atoms. The van der Waals surface area contributed by atoms with Crippen LogP contribution in [0.2, 0.25) is 0 Å². The minimum absolute atomic E-state index is 0.379. The Kier molecular flexibility index (Phi) is 3.56. The predicted molar refractivity (Wildman–Crippen MR) is 60.9 cm³/mol. The number of benzene rings is 1. The molecule has 0 aromatic heterocycles. The minimum Gasteiger partial charge on any atom is -0.508 e. The third-order valence-corrected chi connectivity index (χ3v) is 2.84. The summed E-state index contributed by atoms with van der Waals surface area (Å²) in [6.07, 6.45) is 1.11. The molecule has 1 heteroatoms. The van der Waals surface area contributed by atoms with Crippen LogP contribution < -0.4 is 0 Å². The molecule has 0 saturated carbocycles. The molecular weight excluding hydrogens is 172 g/mol. The highest BCUT2D eigenvalue weighted by molar-refractivity contribution is 5.38. The van der Waals surface area contributed by atoms with Gasteiger partial charge in [-0.3, -0.25) is 0 Å². The molecule has 14 heavy (non-hydrogen) atoms. The Balaban J connectivity index is 3.15. The number of hydrogen-bond acceptors (Lipinski definition) is 1. The summed E-state index contributed by atoms with van der Waals surface area (Å²) in [5, 5.41) is 9.46. The molecule has 1 aromatic rings. The molecule has 78 valence electrons. The topological polar surface area (TPSA) is 20.2 Å². The highest BCUT2D eigenvalue weighted by atomic mass is 16.3. The van der Waals surface area contributed by atoms with Gasteiger partial charge in [0.2, 0.25) is 0 Å². The molecule has 0 aliphatic heterocycles. The maximum atomic E-state index is 9.46. The number of phenols is 1. The Morgan fingerprint density at radius 3 is 2.29 bits per heavy atom. The van der Waals surface area contributed by atoms with Crippen LogP contribution in [0.15, 0.2) is 18.2 Å². The lowest BCUT2D eigenvalue weighted by molar-refractivity contribution is 0.473. The third-order valence-electron chi connectivity index (χ3n) is 2.84. The summed E-state index contributed by atoms with van der Waals surface area (Å²) in [7, 11) is 0. The first-order valence-electron chi connectivity index (χ1n) is 5.39. The molecule has 1 unspecified atom stereocenters. The lowest BCUT2D eigenvalue weighted by atomic mass is 9.88. The fraction of sp³-hybridized carbons (Fsp3) is 0.538. The third kappa shape index (κ3) is 2.28. The quantitative estimate of drug-likeness (QED) is 0.766. The fourth-order valence-electron chi connectivity index (χ4n) is 1.73. The van der Waals surface area contributed by atoms with Gasteiger partial charge in [-0.15, -0.1) is 0 Å². The van der Waals surface area contributed by atoms with Gasteiger partial charge in [0.05, 0.1) is 0 Å². The predicted octanol–water partition coefficient (Wildman–Crippen LogP) is 4.03. The van der Waals surface area contributed by atoms with Crippen LogP contribution in [0.1, 0.15) is 57.1 Å². The summed E-state index contributed by atoms with van der Waals surface area (Å²) in [4.78, 5) is 0. The molecule has 1 rings (SSSR count). The zero-order valence-electron chi connectivity index (χ0n) is 9.54. The van der Waals surface area contributed by atoms with Crippen LogP contribution in [0, 0.1) is 0 Å². The van der Waals surface area contributed by atoms with Crippen LogP contribution in [0.4, 0.5) is 0 Å². The van der Waals surface area contributed by atoms with Gasteiger partial charge in [-0.2, -0.15) is 0 Å². The number of aromatic hydroxyl groups is 1. The van der Waals surface area contributed by atoms with Crippen LogP contribution in [0.5, 0.6) is 5.75 Å². The highest BCUT2D eigenvalue weighted by Crippen LogP contribution is 2.30. The molecule has 0 amide bonds. The average molecular weight is 192 g/mol. The van der Waals surface area contributed by atoms with Crippen molar-refractivity contribution in [3.63, 3.8) is 0 Å². The van der Waals surface area contributed by atoms with E-state index in [4.69, 9.17) is 0 Å². The van der Waals surface area contributed by atoms with Gasteiger partial charge in [0.15, 0.2) is 0 Å². The molecule has 0 saturated heterocycles. The van der Waals surface area contributed by atoms with Gasteiger partial charge in [0, 0.05) is 0 Å². The summed E-state index contributed by atoms with van der Waals surface area (Å²) in [6, 6.07) is 5.73. The fourth-order valence-corrected chi connectivity index (χ4v) is 1.73. The van der Waals surface area contributed by atoms with E-state index in [1.54, 1.807) is 6.07 Å². The Morgan fingerprint density at radius 1 is 1.14 bits per heavy atom. The standard InChI is InChI=1S/C13H20O/c1-5-10(4)13-8-11(14)6-7-12(13)9(2)3/h6-10,14H,5H2,1-4H3. The second-order valence-electron chi connectivity index (χ2n) is 4.28. The molecular formula is C13H20O. The number of hydrogen-bond donors (Lipinski definition) is 1. The van der Waals surface area contributed by atoms with Crippen molar-refractivity contribution >= 4 is 0 Å². The molecule has 1 aromatic carbocycles. The minimum atomic E-state index is 0.379. The lowest BCUT2D eigenvalue weighted by Gasteiger charge is -2.17. The van der Waals surface area contributed by atoms with E-state index < -0.39 is 0 Å². The van der Waals surface area contributed by atoms with E-state index in [0.717, 1.165) is 6.42 Å². The first-order chi connectivity index (χ1) is 6.56. The molecule has 0 aliphatic rings. The van der Waals surface area contributed by atoms with E-state index in [9.17, 15) is 5.11 Å². The summed E-state index contributed by atoms with van der Waals surface area (Å²) < 4.78 is 0. The Bertz CT molecular complexity index is 302. The van der Waals surface area contributed by atoms with Crippen molar-refractivity contribution in [2.24, 2.45) is 0 Å². The number of phenolic OH excluding ortho intramolecular Hbond substituents is 1. The van der Waals surface area contributed by atoms with Crippen molar-refractivity contribution in [1.29, 1.82) is 0 Å². The Labute approximate surface area is 86.8 Å². The van der Waals surface area contributed by atoms with Gasteiger partial charge in [-0.05, 0) is 41.5 Å². The molecule has 0 radical (unpaired) electrons. The van der Waals surface area contributed by atoms with Crippen molar-refractivity contribution in [3.8, 4) is 5.75 Å². The van der Waals surface area contributed by atoms with Crippen molar-refractivity contribution in [2.75, 3.05) is 0 Å². The second-order valence-corrected chi connectivity index (χ2v) is 4.28. The summed E-state index contributed by atoms with van der Waals surface area (Å²) in [5.41, 5.74) is 2.65. The lowest BCUT2D eigenvalue weighted by Crippen LogP contribution is -1.99. The number of rotatable bonds is 3. The van der Waals surface area contributed by atoms with Crippen molar-refractivity contribution in [1.82, 2.24) is 0 Å². The maximum Gasteiger partial charge on any atom is 0.115 e. The van der Waals surface area contributed by atoms with Gasteiger partial charge in [-0.25, -0.2) is 0 Å². The van der Waals surface area contributed by atoms with E-state index in [0.29, 0.717) is 17.6 Å². The van der Waals surface area contributed by atoms with Crippen LogP contribution in [-0.2, 0) is 0 Å². The Morgan fingerprint density at radius 2 is 1.79 bits per heavy atom. The molecule has 0 heterocycles. The SMILES string of the molecule is CCC(C)c1cc(O)ccc1C(C)C. The average Bonchev–Trinajstić information content (AvgIpc) is 2.16. The van der Waals surface area contributed by atoms with Crippen molar-refractivity contribution in [3.05, 3.63) is 29.3 Å². The molecule has 0 aliphatic carbocycles. The van der Waals surface area contributed by atoms with Crippen LogP contribution in [0.3, 0.4) is 0 Å². The molecule has 0 spiro atoms. The molecule has 1 nitrogen and oxygen atoms in total. The monoisotopic (exact) mass is 192 g/mol. The van der Waals surface area contributed by atoms with Gasteiger partial charge >= 0.3 is 0 Å². The first-order valence-corrected chi connectivity index (χ1v) is 5.39. The van der Waals surface area contributed by atoms with Crippen molar-refractivity contribution < 1.29 is 5.11 Å². The van der Waals surface area contributed by atoms with E-state index in [2.05, 4.69) is 27.7 Å². The van der Waals surface area contributed by atoms with Gasteiger partial charge < -0.3 is 5.11 Å². The van der Waals surface area contributed by atoms with Crippen LogP contribution >= 0.6 is 0 Å². The molecule has 1 N–H and O–H groups in total. The van der Waals surface area contributed by atoms with E-state index in [1.165, 1.54) is 11.1 Å². The Hall–Kier alpha value is -0.980. The van der Waals surface area contributed by atoms with Gasteiger partial charge in [0.1, 0.15) is 5.75 Å². The first kappa shape index (κ1) is 11.1. The maximum absolute atomic E-state index is 9.46. The van der Waals surface area contributed by atoms with Gasteiger partial charge in [0.25, 0.3) is 0 Å². The zero-order valence-corrected chi connectivity index (χ0v) is 9.54. The zero-order chi connectivity index (χ0) is 10.7. The van der Waals surface area contributed by atoms with E-state index in [-0.39, 0.29) is 0 Å². The van der Waals surface area contributed by atoms with Crippen molar-refractivity contribution in [2.45, 2.75) is 46.0 Å². The molecule has 1 atom stereocenters. The van der Waals surface area contributed by atoms with E-state index in [1.807, 2.05) is 12.1 Å². The summed E-state index contributed by atoms with van der Waals surface area (Å²) >= 11 is 0.